The molecule has 3 heterocycles. The van der Waals surface area contributed by atoms with E-state index in [-0.39, 0.29) is 23.3 Å². The van der Waals surface area contributed by atoms with E-state index in [0.29, 0.717) is 34.2 Å². The maximum Gasteiger partial charge on any atom is 0.283 e. The van der Waals surface area contributed by atoms with Crippen LogP contribution in [0.2, 0.25) is 0 Å². The van der Waals surface area contributed by atoms with Crippen LogP contribution in [0, 0.1) is 0 Å². The minimum atomic E-state index is -0.230. The zero-order chi connectivity index (χ0) is 22.8. The molecule has 0 radical (unpaired) electrons. The van der Waals surface area contributed by atoms with Crippen LogP contribution in [0.25, 0.3) is 27.6 Å². The molecule has 0 aliphatic carbocycles. The number of methoxy groups -OCH3 is 1. The summed E-state index contributed by atoms with van der Waals surface area (Å²) in [6, 6.07) is 14.9. The second-order valence-corrected chi connectivity index (χ2v) is 8.80. The van der Waals surface area contributed by atoms with Gasteiger partial charge in [0.2, 0.25) is 5.91 Å². The lowest BCUT2D eigenvalue weighted by Crippen LogP contribution is -2.33. The molecular formula is C24H24N4O4S. The van der Waals surface area contributed by atoms with Crippen LogP contribution in [0.15, 0.2) is 58.5 Å². The molecule has 1 unspecified atom stereocenters. The smallest absolute Gasteiger partial charge is 0.283 e. The maximum atomic E-state index is 13.6. The number of benzene rings is 2. The molecule has 9 heteroatoms. The Morgan fingerprint density at radius 1 is 1.30 bits per heavy atom. The molecule has 1 saturated heterocycles. The lowest BCUT2D eigenvalue weighted by Gasteiger charge is -2.14. The molecule has 170 valence electrons. The number of carbonyl (C=O) groups excluding carboxylic acids is 1. The van der Waals surface area contributed by atoms with Crippen LogP contribution in [0.3, 0.4) is 0 Å². The lowest BCUT2D eigenvalue weighted by molar-refractivity contribution is -0.119. The number of ether oxygens (including phenoxy) is 2. The summed E-state index contributed by atoms with van der Waals surface area (Å²) in [5.74, 6) is 0.638. The Labute approximate surface area is 194 Å². The summed E-state index contributed by atoms with van der Waals surface area (Å²) in [7, 11) is 1.58. The molecule has 33 heavy (non-hydrogen) atoms. The van der Waals surface area contributed by atoms with Crippen molar-refractivity contribution in [2.75, 3.05) is 26.0 Å². The molecule has 0 spiro atoms. The average Bonchev–Trinajstić information content (AvgIpc) is 3.50. The number of nitrogens with zero attached hydrogens (tertiary/aromatic N) is 2. The van der Waals surface area contributed by atoms with Gasteiger partial charge in [0.1, 0.15) is 16.8 Å². The van der Waals surface area contributed by atoms with E-state index < -0.39 is 0 Å². The van der Waals surface area contributed by atoms with Crippen molar-refractivity contribution in [1.29, 1.82) is 0 Å². The van der Waals surface area contributed by atoms with Gasteiger partial charge in [-0.2, -0.15) is 0 Å². The van der Waals surface area contributed by atoms with Gasteiger partial charge in [-0.05, 0) is 31.0 Å². The standard InChI is InChI=1S/C24H24N4O4S/c1-31-16-7-4-6-15(12-16)28-23(30)22-21(18-9-2-3-10-19(18)26-22)27-24(28)33-14-20(29)25-13-17-8-5-11-32-17/h2-4,6-7,9-10,12,17,26H,5,8,11,13-14H2,1H3,(H,25,29). The quantitative estimate of drug-likeness (QED) is 0.322. The van der Waals surface area contributed by atoms with E-state index in [1.165, 1.54) is 16.3 Å². The Morgan fingerprint density at radius 2 is 2.18 bits per heavy atom. The molecule has 1 atom stereocenters. The Balaban J connectivity index is 1.52. The SMILES string of the molecule is COc1cccc(-n2c(SCC(=O)NCC3CCCO3)nc3c([nH]c4ccccc43)c2=O)c1. The Morgan fingerprint density at radius 3 is 3.00 bits per heavy atom. The first-order chi connectivity index (χ1) is 16.1. The van der Waals surface area contributed by atoms with E-state index in [0.717, 1.165) is 30.4 Å². The minimum absolute atomic E-state index is 0.0783. The van der Waals surface area contributed by atoms with Gasteiger partial charge < -0.3 is 19.8 Å². The van der Waals surface area contributed by atoms with Crippen molar-refractivity contribution in [3.8, 4) is 11.4 Å². The van der Waals surface area contributed by atoms with Gasteiger partial charge in [0.15, 0.2) is 5.16 Å². The zero-order valence-electron chi connectivity index (χ0n) is 18.2. The van der Waals surface area contributed by atoms with E-state index in [9.17, 15) is 9.59 Å². The van der Waals surface area contributed by atoms with Crippen LogP contribution >= 0.6 is 11.8 Å². The third-order valence-electron chi connectivity index (χ3n) is 5.69. The minimum Gasteiger partial charge on any atom is -0.497 e. The van der Waals surface area contributed by atoms with Crippen molar-refractivity contribution < 1.29 is 14.3 Å². The number of thioether (sulfide) groups is 1. The monoisotopic (exact) mass is 464 g/mol. The molecule has 0 saturated carbocycles. The van der Waals surface area contributed by atoms with Crippen molar-refractivity contribution >= 4 is 39.6 Å². The predicted octanol–water partition coefficient (Wildman–Crippen LogP) is 3.26. The molecule has 1 amide bonds. The van der Waals surface area contributed by atoms with E-state index in [2.05, 4.69) is 10.3 Å². The van der Waals surface area contributed by atoms with E-state index in [4.69, 9.17) is 14.5 Å². The average molecular weight is 465 g/mol. The fourth-order valence-electron chi connectivity index (χ4n) is 4.03. The molecule has 1 aliphatic heterocycles. The van der Waals surface area contributed by atoms with Crippen LogP contribution in [0.5, 0.6) is 5.75 Å². The summed E-state index contributed by atoms with van der Waals surface area (Å²) >= 11 is 1.23. The summed E-state index contributed by atoms with van der Waals surface area (Å²) in [4.78, 5) is 34.1. The largest absolute Gasteiger partial charge is 0.497 e. The van der Waals surface area contributed by atoms with E-state index in [1.807, 2.05) is 42.5 Å². The van der Waals surface area contributed by atoms with Crippen molar-refractivity contribution in [2.45, 2.75) is 24.1 Å². The van der Waals surface area contributed by atoms with Gasteiger partial charge in [-0.25, -0.2) is 4.98 Å². The number of para-hydroxylation sites is 1. The number of aromatic nitrogens is 3. The summed E-state index contributed by atoms with van der Waals surface area (Å²) in [6.07, 6.45) is 2.06. The molecule has 8 nitrogen and oxygen atoms in total. The van der Waals surface area contributed by atoms with Crippen LogP contribution in [-0.2, 0) is 9.53 Å². The fraction of sp³-hybridized carbons (Fsp3) is 0.292. The maximum absolute atomic E-state index is 13.6. The number of carbonyl (C=O) groups is 1. The first kappa shape index (κ1) is 21.5. The molecular weight excluding hydrogens is 440 g/mol. The molecule has 2 N–H and O–H groups in total. The highest BCUT2D eigenvalue weighted by molar-refractivity contribution is 7.99. The van der Waals surface area contributed by atoms with Gasteiger partial charge in [-0.15, -0.1) is 0 Å². The number of hydrogen-bond acceptors (Lipinski definition) is 6. The molecule has 1 aliphatic rings. The number of H-pyrrole nitrogens is 1. The number of hydrogen-bond donors (Lipinski definition) is 2. The van der Waals surface area contributed by atoms with E-state index >= 15 is 0 Å². The van der Waals surface area contributed by atoms with Crippen LogP contribution in [0.1, 0.15) is 12.8 Å². The molecule has 0 bridgehead atoms. The van der Waals surface area contributed by atoms with Gasteiger partial charge in [0, 0.05) is 30.1 Å². The normalized spacial score (nSPS) is 15.8. The number of rotatable bonds is 7. The highest BCUT2D eigenvalue weighted by atomic mass is 32.2. The van der Waals surface area contributed by atoms with Crippen LogP contribution in [0.4, 0.5) is 0 Å². The Kier molecular flexibility index (Phi) is 6.06. The summed E-state index contributed by atoms with van der Waals surface area (Å²) in [5.41, 5.74) is 2.25. The van der Waals surface area contributed by atoms with E-state index in [1.54, 1.807) is 13.2 Å². The van der Waals surface area contributed by atoms with Gasteiger partial charge in [0.25, 0.3) is 5.56 Å². The van der Waals surface area contributed by atoms with Gasteiger partial charge in [-0.1, -0.05) is 36.0 Å². The summed E-state index contributed by atoms with van der Waals surface area (Å²) in [6.45, 7) is 1.24. The van der Waals surface area contributed by atoms with Crippen LogP contribution in [-0.4, -0.2) is 52.6 Å². The number of aromatic amines is 1. The second-order valence-electron chi connectivity index (χ2n) is 7.86. The summed E-state index contributed by atoms with van der Waals surface area (Å²) in [5, 5.41) is 4.23. The summed E-state index contributed by atoms with van der Waals surface area (Å²) < 4.78 is 12.4. The third kappa shape index (κ3) is 4.34. The molecule has 2 aromatic heterocycles. The topological polar surface area (TPSA) is 98.2 Å². The van der Waals surface area contributed by atoms with Crippen LogP contribution < -0.4 is 15.6 Å². The first-order valence-corrected chi connectivity index (χ1v) is 11.8. The lowest BCUT2D eigenvalue weighted by atomic mass is 10.2. The second kappa shape index (κ2) is 9.29. The number of amides is 1. The molecule has 2 aromatic carbocycles. The Hall–Kier alpha value is -3.30. The van der Waals surface area contributed by atoms with Crippen molar-refractivity contribution in [2.24, 2.45) is 0 Å². The molecule has 4 aromatic rings. The molecule has 5 rings (SSSR count). The highest BCUT2D eigenvalue weighted by Crippen LogP contribution is 2.27. The first-order valence-electron chi connectivity index (χ1n) is 10.8. The van der Waals surface area contributed by atoms with Gasteiger partial charge in [-0.3, -0.25) is 14.2 Å². The fourth-order valence-corrected chi connectivity index (χ4v) is 4.87. The zero-order valence-corrected chi connectivity index (χ0v) is 19.0. The Bertz CT molecular complexity index is 1370. The highest BCUT2D eigenvalue weighted by Gasteiger charge is 2.20. The third-order valence-corrected chi connectivity index (χ3v) is 6.63. The van der Waals surface area contributed by atoms with Gasteiger partial charge >= 0.3 is 0 Å². The van der Waals surface area contributed by atoms with Crippen molar-refractivity contribution in [3.63, 3.8) is 0 Å². The predicted molar refractivity (Wildman–Crippen MR) is 128 cm³/mol. The van der Waals surface area contributed by atoms with Crippen molar-refractivity contribution in [1.82, 2.24) is 19.9 Å². The molecule has 1 fully saturated rings. The number of fused-ring (bicyclic) bond motifs is 3. The number of nitrogens with one attached hydrogen (secondary N) is 2. The van der Waals surface area contributed by atoms with Gasteiger partial charge in [0.05, 0.1) is 24.7 Å². The van der Waals surface area contributed by atoms with Crippen molar-refractivity contribution in [3.05, 3.63) is 58.9 Å².